The van der Waals surface area contributed by atoms with Crippen LogP contribution in [0, 0.1) is 20.8 Å². The number of carbonyl (C=O) groups is 1. The molecular weight excluding hydrogens is 422 g/mol. The van der Waals surface area contributed by atoms with Gasteiger partial charge in [-0.25, -0.2) is 14.2 Å². The molecule has 0 N–H and O–H groups in total. The summed E-state index contributed by atoms with van der Waals surface area (Å²) in [7, 11) is 1.38. The number of para-hydroxylation sites is 2. The minimum atomic E-state index is -0.354. The van der Waals surface area contributed by atoms with Gasteiger partial charge in [-0.2, -0.15) is 0 Å². The van der Waals surface area contributed by atoms with E-state index in [4.69, 9.17) is 4.74 Å². The van der Waals surface area contributed by atoms with Gasteiger partial charge >= 0.3 is 5.97 Å². The normalized spacial score (nSPS) is 12.2. The third kappa shape index (κ3) is 3.05. The average Bonchev–Trinajstić information content (AvgIpc) is 3.38. The summed E-state index contributed by atoms with van der Waals surface area (Å²) in [4.78, 5) is 30.3. The Morgan fingerprint density at radius 3 is 2.62 bits per heavy atom. The number of benzene rings is 2. The molecule has 3 aromatic heterocycles. The summed E-state index contributed by atoms with van der Waals surface area (Å²) in [5.41, 5.74) is 7.11. The Morgan fingerprint density at radius 1 is 1.09 bits per heavy atom. The molecule has 0 amide bonds. The number of imidazole rings is 1. The van der Waals surface area contributed by atoms with Crippen molar-refractivity contribution in [2.24, 2.45) is 0 Å². The molecule has 0 saturated carbocycles. The molecule has 160 valence electrons. The smallest absolute Gasteiger partial charge is 0.337 e. The van der Waals surface area contributed by atoms with E-state index in [-0.39, 0.29) is 11.5 Å². The quantitative estimate of drug-likeness (QED) is 0.396. The topological polar surface area (TPSA) is 65.6 Å². The lowest BCUT2D eigenvalue weighted by Crippen LogP contribution is -2.22. The van der Waals surface area contributed by atoms with Crippen molar-refractivity contribution in [2.75, 3.05) is 7.11 Å². The Morgan fingerprint density at radius 2 is 1.88 bits per heavy atom. The molecule has 0 radical (unpaired) electrons. The van der Waals surface area contributed by atoms with Gasteiger partial charge < -0.3 is 9.30 Å². The summed E-state index contributed by atoms with van der Waals surface area (Å²) >= 11 is 1.40. The molecule has 5 rings (SSSR count). The van der Waals surface area contributed by atoms with Crippen LogP contribution in [0.3, 0.4) is 0 Å². The first-order valence-corrected chi connectivity index (χ1v) is 11.0. The monoisotopic (exact) mass is 443 g/mol. The van der Waals surface area contributed by atoms with Crippen LogP contribution in [0.4, 0.5) is 0 Å². The van der Waals surface area contributed by atoms with Gasteiger partial charge in [0.2, 0.25) is 0 Å². The van der Waals surface area contributed by atoms with E-state index in [1.807, 2.05) is 63.2 Å². The van der Waals surface area contributed by atoms with Gasteiger partial charge in [0, 0.05) is 17.1 Å². The van der Waals surface area contributed by atoms with Crippen LogP contribution in [0.1, 0.15) is 32.9 Å². The number of fused-ring (bicyclic) bond motifs is 3. The molecule has 5 aromatic rings. The number of hydrogen-bond acceptors (Lipinski definition) is 5. The lowest BCUT2D eigenvalue weighted by atomic mass is 10.1. The number of rotatable bonds is 3. The molecule has 2 aromatic carbocycles. The fraction of sp³-hybridized carbons (Fsp3) is 0.160. The molecule has 3 heterocycles. The van der Waals surface area contributed by atoms with Gasteiger partial charge in [-0.15, -0.1) is 0 Å². The summed E-state index contributed by atoms with van der Waals surface area (Å²) in [6.07, 6.45) is 1.94. The summed E-state index contributed by atoms with van der Waals surface area (Å²) in [5, 5.41) is 0. The molecule has 0 saturated heterocycles. The van der Waals surface area contributed by atoms with Crippen LogP contribution in [0.5, 0.6) is 0 Å². The number of aryl methyl sites for hydroxylation is 2. The second-order valence-electron chi connectivity index (χ2n) is 7.79. The van der Waals surface area contributed by atoms with Gasteiger partial charge in [0.15, 0.2) is 4.96 Å². The Balaban J connectivity index is 1.64. The van der Waals surface area contributed by atoms with E-state index >= 15 is 0 Å². The number of aromatic nitrogens is 3. The van der Waals surface area contributed by atoms with Crippen molar-refractivity contribution in [3.05, 3.63) is 91.5 Å². The summed E-state index contributed by atoms with van der Waals surface area (Å²) in [6, 6.07) is 15.3. The van der Waals surface area contributed by atoms with Crippen molar-refractivity contribution >= 4 is 39.4 Å². The molecule has 0 aliphatic carbocycles. The Hall–Kier alpha value is -3.71. The van der Waals surface area contributed by atoms with Gasteiger partial charge in [0.1, 0.15) is 0 Å². The predicted octanol–water partition coefficient (Wildman–Crippen LogP) is 3.96. The maximum absolute atomic E-state index is 13.1. The number of hydrogen-bond donors (Lipinski definition) is 0. The fourth-order valence-electron chi connectivity index (χ4n) is 4.21. The Kier molecular flexibility index (Phi) is 4.71. The molecule has 0 unspecified atom stereocenters. The van der Waals surface area contributed by atoms with Crippen molar-refractivity contribution in [1.82, 2.24) is 14.0 Å². The molecule has 0 fully saturated rings. The van der Waals surface area contributed by atoms with E-state index in [0.29, 0.717) is 15.1 Å². The van der Waals surface area contributed by atoms with Crippen LogP contribution in [-0.2, 0) is 4.74 Å². The molecule has 0 spiro atoms. The highest BCUT2D eigenvalue weighted by Gasteiger charge is 2.15. The minimum Gasteiger partial charge on any atom is -0.465 e. The molecule has 0 atom stereocenters. The van der Waals surface area contributed by atoms with E-state index in [9.17, 15) is 9.59 Å². The second-order valence-corrected chi connectivity index (χ2v) is 8.80. The SMILES string of the molecule is COC(=O)c1ccc(-n2c(C)cc(/C=c3\sc4nc5ccccc5n4c3=O)c2C)c(C)c1. The first-order valence-electron chi connectivity index (χ1n) is 10.2. The van der Waals surface area contributed by atoms with Gasteiger partial charge in [-0.05, 0) is 74.4 Å². The number of esters is 1. The number of nitrogens with zero attached hydrogens (tertiary/aromatic N) is 3. The number of ether oxygens (including phenoxy) is 1. The second kappa shape index (κ2) is 7.46. The zero-order chi connectivity index (χ0) is 22.6. The summed E-state index contributed by atoms with van der Waals surface area (Å²) < 4.78 is 9.30. The molecule has 0 aliphatic rings. The molecule has 7 heteroatoms. The maximum atomic E-state index is 13.1. The average molecular weight is 444 g/mol. The van der Waals surface area contributed by atoms with Crippen LogP contribution >= 0.6 is 11.3 Å². The van der Waals surface area contributed by atoms with E-state index in [1.54, 1.807) is 10.5 Å². The van der Waals surface area contributed by atoms with Crippen molar-refractivity contribution in [3.8, 4) is 5.69 Å². The first-order chi connectivity index (χ1) is 15.4. The van der Waals surface area contributed by atoms with Gasteiger partial charge in [0.05, 0.1) is 28.2 Å². The van der Waals surface area contributed by atoms with Crippen LogP contribution in [0.15, 0.2) is 53.3 Å². The summed E-state index contributed by atoms with van der Waals surface area (Å²) in [6.45, 7) is 6.04. The lowest BCUT2D eigenvalue weighted by molar-refractivity contribution is 0.0600. The van der Waals surface area contributed by atoms with E-state index in [2.05, 4.69) is 15.6 Å². The van der Waals surface area contributed by atoms with Crippen LogP contribution in [0.2, 0.25) is 0 Å². The predicted molar refractivity (Wildman–Crippen MR) is 127 cm³/mol. The molecule has 0 bridgehead atoms. The first kappa shape index (κ1) is 20.2. The zero-order valence-corrected chi connectivity index (χ0v) is 19.0. The minimum absolute atomic E-state index is 0.0536. The number of carbonyl (C=O) groups excluding carboxylic acids is 1. The van der Waals surface area contributed by atoms with E-state index < -0.39 is 0 Å². The van der Waals surface area contributed by atoms with Gasteiger partial charge in [-0.3, -0.25) is 4.79 Å². The highest BCUT2D eigenvalue weighted by molar-refractivity contribution is 7.15. The standard InChI is InChI=1S/C25H21N3O3S/c1-14-11-17(24(30)31-4)9-10-20(14)27-15(2)12-18(16(27)3)13-22-23(29)28-21-8-6-5-7-19(21)26-25(28)32-22/h5-13H,1-4H3/b22-13-. The third-order valence-corrected chi connectivity index (χ3v) is 6.73. The van der Waals surface area contributed by atoms with E-state index in [1.165, 1.54) is 18.4 Å². The number of thiazole rings is 1. The summed E-state index contributed by atoms with van der Waals surface area (Å²) in [5.74, 6) is -0.354. The Bertz CT molecular complexity index is 1640. The van der Waals surface area contributed by atoms with Gasteiger partial charge in [0.25, 0.3) is 5.56 Å². The molecule has 0 aliphatic heterocycles. The van der Waals surface area contributed by atoms with Crippen LogP contribution in [-0.4, -0.2) is 27.0 Å². The highest BCUT2D eigenvalue weighted by atomic mass is 32.1. The highest BCUT2D eigenvalue weighted by Crippen LogP contribution is 2.25. The van der Waals surface area contributed by atoms with Crippen molar-refractivity contribution < 1.29 is 9.53 Å². The van der Waals surface area contributed by atoms with Crippen LogP contribution in [0.25, 0.3) is 27.8 Å². The largest absolute Gasteiger partial charge is 0.465 e. The molecule has 6 nitrogen and oxygen atoms in total. The molecular formula is C25H21N3O3S. The molecule has 32 heavy (non-hydrogen) atoms. The Labute approximate surface area is 188 Å². The lowest BCUT2D eigenvalue weighted by Gasteiger charge is -2.13. The maximum Gasteiger partial charge on any atom is 0.337 e. The van der Waals surface area contributed by atoms with E-state index in [0.717, 1.165) is 39.2 Å². The van der Waals surface area contributed by atoms with Gasteiger partial charge in [-0.1, -0.05) is 23.5 Å². The fourth-order valence-corrected chi connectivity index (χ4v) is 5.19. The zero-order valence-electron chi connectivity index (χ0n) is 18.2. The third-order valence-electron chi connectivity index (χ3n) is 5.76. The number of methoxy groups -OCH3 is 1. The van der Waals surface area contributed by atoms with Crippen molar-refractivity contribution in [3.63, 3.8) is 0 Å². The van der Waals surface area contributed by atoms with Crippen molar-refractivity contribution in [2.45, 2.75) is 20.8 Å². The van der Waals surface area contributed by atoms with Crippen LogP contribution < -0.4 is 10.1 Å². The van der Waals surface area contributed by atoms with Crippen molar-refractivity contribution in [1.29, 1.82) is 0 Å².